The Balaban J connectivity index is 1.37. The Labute approximate surface area is 368 Å². The highest BCUT2D eigenvalue weighted by atomic mass is 16.7. The molecule has 0 bridgehead atoms. The number of nitrogens with zero attached hydrogens (tertiary/aromatic N) is 4. The highest BCUT2D eigenvalue weighted by molar-refractivity contribution is 5.84. The Kier molecular flexibility index (Phi) is 15.1. The lowest BCUT2D eigenvalue weighted by atomic mass is 9.79. The molecule has 3 unspecified atom stereocenters. The summed E-state index contributed by atoms with van der Waals surface area (Å²) in [6.45, 7) is 38.8. The Morgan fingerprint density at radius 2 is 1.08 bits per heavy atom. The number of ether oxygens (including phenoxy) is 2. The van der Waals surface area contributed by atoms with E-state index in [1.807, 2.05) is 0 Å². The van der Waals surface area contributed by atoms with E-state index in [1.165, 1.54) is 166 Å². The van der Waals surface area contributed by atoms with Gasteiger partial charge in [-0.3, -0.25) is 0 Å². The van der Waals surface area contributed by atoms with Crippen molar-refractivity contribution in [2.45, 2.75) is 208 Å². The number of hydrogen-bond donors (Lipinski definition) is 0. The number of fused-ring (bicyclic) bond motifs is 5. The molecule has 1 saturated carbocycles. The second-order valence-electron chi connectivity index (χ2n) is 21.9. The van der Waals surface area contributed by atoms with Crippen molar-refractivity contribution >= 4 is 12.4 Å². The van der Waals surface area contributed by atoms with E-state index in [-0.39, 0.29) is 10.8 Å². The third-order valence-corrected chi connectivity index (χ3v) is 15.0. The van der Waals surface area contributed by atoms with E-state index in [1.54, 1.807) is 0 Å². The maximum absolute atomic E-state index is 7.45. The fourth-order valence-corrected chi connectivity index (χ4v) is 12.3. The summed E-state index contributed by atoms with van der Waals surface area (Å²) in [5, 5.41) is 0. The van der Waals surface area contributed by atoms with E-state index < -0.39 is 6.03 Å². The molecule has 6 rings (SSSR count). The molecule has 0 N–H and O–H groups in total. The lowest BCUT2D eigenvalue weighted by Crippen LogP contribution is -2.60. The number of rotatable bonds is 21. The molecule has 3 heterocycles. The maximum Gasteiger partial charge on any atom is 0.704 e. The summed E-state index contributed by atoms with van der Waals surface area (Å²) in [6.07, 6.45) is 22.5. The summed E-state index contributed by atoms with van der Waals surface area (Å²) < 4.78 is 22.4. The van der Waals surface area contributed by atoms with E-state index in [9.17, 15) is 0 Å². The van der Waals surface area contributed by atoms with Crippen molar-refractivity contribution in [3.8, 4) is 11.5 Å². The molecule has 334 valence electrons. The molecular formula is C54H90N4O2+4. The fraction of sp³-hybridized carbons (Fsp3) is 0.741. The van der Waals surface area contributed by atoms with Crippen molar-refractivity contribution in [3.63, 3.8) is 0 Å². The largest absolute Gasteiger partial charge is 0.704 e. The summed E-state index contributed by atoms with van der Waals surface area (Å²) in [4.78, 5) is 0. The molecule has 3 atom stereocenters. The summed E-state index contributed by atoms with van der Waals surface area (Å²) in [6, 6.07) is 11.8. The van der Waals surface area contributed by atoms with Gasteiger partial charge in [-0.1, -0.05) is 104 Å². The number of quaternary nitrogens is 2. The van der Waals surface area contributed by atoms with Crippen LogP contribution >= 0.6 is 0 Å². The second kappa shape index (κ2) is 19.4. The predicted octanol–water partition coefficient (Wildman–Crippen LogP) is 12.3. The smallest absolute Gasteiger partial charge is 0.341 e. The second-order valence-corrected chi connectivity index (χ2v) is 21.9. The molecule has 4 aliphatic rings. The van der Waals surface area contributed by atoms with Crippen LogP contribution in [0.1, 0.15) is 207 Å². The quantitative estimate of drug-likeness (QED) is 0.0925. The van der Waals surface area contributed by atoms with E-state index in [0.717, 1.165) is 24.3 Å². The van der Waals surface area contributed by atoms with Crippen molar-refractivity contribution in [2.75, 3.05) is 52.4 Å². The summed E-state index contributed by atoms with van der Waals surface area (Å²) in [7, 11) is 0. The number of benzene rings is 2. The Morgan fingerprint density at radius 1 is 0.600 bits per heavy atom. The first kappa shape index (κ1) is 46.8. The van der Waals surface area contributed by atoms with Crippen LogP contribution in [0.3, 0.4) is 0 Å². The fourth-order valence-electron chi connectivity index (χ4n) is 12.3. The van der Waals surface area contributed by atoms with Gasteiger partial charge in [0.15, 0.2) is 23.9 Å². The molecular weight excluding hydrogens is 737 g/mol. The van der Waals surface area contributed by atoms with Crippen LogP contribution < -0.4 is 9.47 Å². The van der Waals surface area contributed by atoms with Crippen LogP contribution in [0.4, 0.5) is 0 Å². The van der Waals surface area contributed by atoms with Gasteiger partial charge >= 0.3 is 6.03 Å². The molecule has 2 aromatic rings. The first-order valence-electron chi connectivity index (χ1n) is 25.3. The van der Waals surface area contributed by atoms with Gasteiger partial charge in [-0.25, -0.2) is 0 Å². The van der Waals surface area contributed by atoms with Crippen LogP contribution in [0.25, 0.3) is 0 Å². The minimum atomic E-state index is -1.01. The van der Waals surface area contributed by atoms with Crippen molar-refractivity contribution in [1.82, 2.24) is 0 Å². The van der Waals surface area contributed by atoms with Gasteiger partial charge in [0.1, 0.15) is 0 Å². The van der Waals surface area contributed by atoms with Crippen LogP contribution in [0.15, 0.2) is 30.3 Å². The monoisotopic (exact) mass is 827 g/mol. The normalized spacial score (nSPS) is 21.3. The average molecular weight is 827 g/mol. The Hall–Kier alpha value is -2.70. The van der Waals surface area contributed by atoms with Crippen LogP contribution in [-0.2, 0) is 10.8 Å². The van der Waals surface area contributed by atoms with Crippen LogP contribution in [-0.4, -0.2) is 101 Å². The number of hydrogen-bond acceptors (Lipinski definition) is 2. The van der Waals surface area contributed by atoms with Gasteiger partial charge in [-0.2, -0.15) is 0 Å². The van der Waals surface area contributed by atoms with E-state index in [4.69, 9.17) is 9.47 Å². The van der Waals surface area contributed by atoms with Crippen molar-refractivity contribution < 1.29 is 27.6 Å². The van der Waals surface area contributed by atoms with Gasteiger partial charge in [-0.15, -0.1) is 0 Å². The first-order chi connectivity index (χ1) is 28.6. The van der Waals surface area contributed by atoms with Crippen LogP contribution in [0.5, 0.6) is 11.5 Å². The maximum atomic E-state index is 7.45. The third-order valence-electron chi connectivity index (χ3n) is 15.0. The molecule has 1 saturated heterocycles. The zero-order valence-corrected chi connectivity index (χ0v) is 40.9. The molecule has 3 aliphatic heterocycles. The van der Waals surface area contributed by atoms with E-state index in [2.05, 4.69) is 135 Å². The van der Waals surface area contributed by atoms with Gasteiger partial charge in [0.05, 0.1) is 63.5 Å². The molecule has 2 fully saturated rings. The Morgan fingerprint density at radius 3 is 1.53 bits per heavy atom. The van der Waals surface area contributed by atoms with E-state index >= 15 is 0 Å². The molecule has 1 spiro atoms. The SMILES string of the molecule is CCC[N+](CCC)(CCC)CCCC(CCC[N+](CCC)(CCC)CCC)c1ccc2c(c1)C=[N+]1C3CCCCC3[N+]3=Cc4cc(C(C)(C)C)cc(C(C)(C)C)c4OC13O2. The van der Waals surface area contributed by atoms with Crippen LogP contribution in [0, 0.1) is 0 Å². The predicted molar refractivity (Wildman–Crippen MR) is 254 cm³/mol. The highest BCUT2D eigenvalue weighted by Gasteiger charge is 2.76. The van der Waals surface area contributed by atoms with Crippen molar-refractivity contribution in [1.29, 1.82) is 0 Å². The van der Waals surface area contributed by atoms with Gasteiger partial charge in [0.25, 0.3) is 0 Å². The lowest BCUT2D eigenvalue weighted by Gasteiger charge is -2.39. The molecule has 60 heavy (non-hydrogen) atoms. The molecule has 1 aliphatic carbocycles. The molecule has 6 heteroatoms. The zero-order valence-electron chi connectivity index (χ0n) is 40.9. The van der Waals surface area contributed by atoms with Gasteiger partial charge in [-0.05, 0) is 123 Å². The lowest BCUT2D eigenvalue weighted by molar-refractivity contribution is -0.928. The van der Waals surface area contributed by atoms with Gasteiger partial charge in [0.2, 0.25) is 12.1 Å². The van der Waals surface area contributed by atoms with Gasteiger partial charge in [0, 0.05) is 18.4 Å². The minimum Gasteiger partial charge on any atom is -0.341 e. The molecule has 0 aromatic heterocycles. The summed E-state index contributed by atoms with van der Waals surface area (Å²) in [5.41, 5.74) is 6.50. The standard InChI is InChI=1S/C54H90N4O2/c1-13-29-57(30-14-2,31-15-3)35-21-23-42(24-22-36-58(32-16-4,33-17-5)34-18-6)43-27-28-50-44(37-43)40-55-48-25-19-20-26-49(48)56-41-45-38-46(52(7,8)9)39-47(53(10,11)12)51(45)60-54(55,56)59-50/h27-28,37-42,48-49H,13-26,29-36H2,1-12H3/q+4. The van der Waals surface area contributed by atoms with Crippen molar-refractivity contribution in [3.05, 3.63) is 58.1 Å². The van der Waals surface area contributed by atoms with Crippen molar-refractivity contribution in [2.24, 2.45) is 0 Å². The molecule has 6 nitrogen and oxygen atoms in total. The topological polar surface area (TPSA) is 24.5 Å². The highest BCUT2D eigenvalue weighted by Crippen LogP contribution is 2.48. The van der Waals surface area contributed by atoms with E-state index in [0.29, 0.717) is 18.0 Å². The first-order valence-corrected chi connectivity index (χ1v) is 25.3. The minimum absolute atomic E-state index is 0.0393. The third kappa shape index (κ3) is 9.75. The average Bonchev–Trinajstić information content (AvgIpc) is 3.46. The van der Waals surface area contributed by atoms with Gasteiger partial charge < -0.3 is 18.4 Å². The summed E-state index contributed by atoms with van der Waals surface area (Å²) >= 11 is 0. The molecule has 2 aromatic carbocycles. The zero-order chi connectivity index (χ0) is 43.3. The van der Waals surface area contributed by atoms with Crippen LogP contribution in [0.2, 0.25) is 0 Å². The molecule has 0 radical (unpaired) electrons. The molecule has 0 amide bonds. The Bertz CT molecular complexity index is 1750. The summed E-state index contributed by atoms with van der Waals surface area (Å²) in [5.74, 6) is 2.48.